The van der Waals surface area contributed by atoms with E-state index >= 15 is 0 Å². The SMILES string of the molecule is CC(C)(C)C(=O)C=C(O)C(C)(C)C.CC(C)(C)C(=O)C=C(O)C(C)(C)C.CC(C)(C)C(=O)C=C(O)C(C)(C)C.[Bi]. The molecule has 0 heterocycles. The summed E-state index contributed by atoms with van der Waals surface area (Å²) in [7, 11) is 0. The Labute approximate surface area is 264 Å². The first kappa shape index (κ1) is 45.5. The van der Waals surface area contributed by atoms with Gasteiger partial charge in [-0.2, -0.15) is 0 Å². The molecule has 3 radical (unpaired) electrons. The molecule has 0 fully saturated rings. The van der Waals surface area contributed by atoms with Crippen molar-refractivity contribution in [1.82, 2.24) is 0 Å². The van der Waals surface area contributed by atoms with Crippen molar-refractivity contribution in [2.24, 2.45) is 32.5 Å². The summed E-state index contributed by atoms with van der Waals surface area (Å²) in [4.78, 5) is 34.5. The molecular formula is C33H60BiO6. The number of aliphatic hydroxyl groups is 3. The molecule has 0 aromatic carbocycles. The quantitative estimate of drug-likeness (QED) is 0.151. The van der Waals surface area contributed by atoms with Crippen LogP contribution < -0.4 is 0 Å². The van der Waals surface area contributed by atoms with Gasteiger partial charge in [-0.3, -0.25) is 14.4 Å². The van der Waals surface area contributed by atoms with Crippen LogP contribution in [0.25, 0.3) is 0 Å². The van der Waals surface area contributed by atoms with E-state index in [0.29, 0.717) is 0 Å². The molecule has 3 N–H and O–H groups in total. The van der Waals surface area contributed by atoms with E-state index in [1.54, 1.807) is 0 Å². The molecule has 0 bridgehead atoms. The van der Waals surface area contributed by atoms with Crippen LogP contribution in [0.4, 0.5) is 0 Å². The zero-order valence-corrected chi connectivity index (χ0v) is 32.2. The number of carbonyl (C=O) groups is 3. The van der Waals surface area contributed by atoms with Gasteiger partial charge in [0, 0.05) is 76.9 Å². The summed E-state index contributed by atoms with van der Waals surface area (Å²) < 4.78 is 0. The molecule has 40 heavy (non-hydrogen) atoms. The molecule has 6 nitrogen and oxygen atoms in total. The first-order valence-electron chi connectivity index (χ1n) is 13.5. The minimum absolute atomic E-state index is 0. The maximum Gasteiger partial charge on any atom is 0.164 e. The average molecular weight is 762 g/mol. The van der Waals surface area contributed by atoms with Crippen LogP contribution in [0.1, 0.15) is 125 Å². The Kier molecular flexibility index (Phi) is 18.5. The average Bonchev–Trinajstić information content (AvgIpc) is 2.64. The molecule has 0 saturated heterocycles. The van der Waals surface area contributed by atoms with Crippen molar-refractivity contribution in [3.63, 3.8) is 0 Å². The van der Waals surface area contributed by atoms with Crippen LogP contribution in [0.5, 0.6) is 0 Å². The Balaban J connectivity index is -0.000000240. The van der Waals surface area contributed by atoms with Crippen LogP contribution in [-0.2, 0) is 14.4 Å². The van der Waals surface area contributed by atoms with E-state index in [1.165, 1.54) is 18.2 Å². The third kappa shape index (κ3) is 21.3. The predicted octanol–water partition coefficient (Wildman–Crippen LogP) is 8.89. The fourth-order valence-electron chi connectivity index (χ4n) is 1.67. The van der Waals surface area contributed by atoms with E-state index in [9.17, 15) is 29.7 Å². The number of aliphatic hydroxyl groups excluding tert-OH is 3. The van der Waals surface area contributed by atoms with Crippen LogP contribution in [-0.4, -0.2) is 58.9 Å². The van der Waals surface area contributed by atoms with E-state index in [2.05, 4.69) is 0 Å². The first-order chi connectivity index (χ1) is 16.6. The predicted molar refractivity (Wildman–Crippen MR) is 170 cm³/mol. The Morgan fingerprint density at radius 2 is 0.475 bits per heavy atom. The zero-order chi connectivity index (χ0) is 32.6. The molecule has 0 aliphatic heterocycles. The van der Waals surface area contributed by atoms with E-state index in [1.807, 2.05) is 125 Å². The minimum Gasteiger partial charge on any atom is -0.512 e. The van der Waals surface area contributed by atoms with Crippen molar-refractivity contribution in [2.45, 2.75) is 125 Å². The van der Waals surface area contributed by atoms with Crippen molar-refractivity contribution < 1.29 is 29.7 Å². The summed E-state index contributed by atoms with van der Waals surface area (Å²) in [5.74, 6) is 0.312. The molecule has 0 aliphatic rings. The topological polar surface area (TPSA) is 112 Å². The van der Waals surface area contributed by atoms with Gasteiger partial charge in [-0.05, 0) is 0 Å². The summed E-state index contributed by atoms with van der Waals surface area (Å²) >= 11 is 0. The van der Waals surface area contributed by atoms with E-state index in [4.69, 9.17) is 0 Å². The van der Waals surface area contributed by atoms with Crippen LogP contribution in [0.3, 0.4) is 0 Å². The molecule has 7 heteroatoms. The summed E-state index contributed by atoms with van der Waals surface area (Å²) in [6, 6.07) is 0. The number of hydrogen-bond donors (Lipinski definition) is 3. The number of rotatable bonds is 3. The Morgan fingerprint density at radius 1 is 0.350 bits per heavy atom. The largest absolute Gasteiger partial charge is 0.512 e. The molecule has 0 aromatic heterocycles. The number of ketones is 3. The summed E-state index contributed by atoms with van der Waals surface area (Å²) in [5, 5.41) is 28.7. The van der Waals surface area contributed by atoms with Gasteiger partial charge in [-0.1, -0.05) is 125 Å². The molecule has 0 atom stereocenters. The van der Waals surface area contributed by atoms with Gasteiger partial charge in [0.15, 0.2) is 17.3 Å². The van der Waals surface area contributed by atoms with Crippen molar-refractivity contribution in [3.05, 3.63) is 35.5 Å². The van der Waals surface area contributed by atoms with Crippen LogP contribution in [0.2, 0.25) is 0 Å². The van der Waals surface area contributed by atoms with E-state index in [-0.39, 0.29) is 77.1 Å². The zero-order valence-electron chi connectivity index (χ0n) is 28.7. The van der Waals surface area contributed by atoms with Crippen molar-refractivity contribution in [2.75, 3.05) is 0 Å². The number of hydrogen-bond acceptors (Lipinski definition) is 6. The normalized spacial score (nSPS) is 14.1. The molecule has 0 aromatic rings. The fraction of sp³-hybridized carbons (Fsp3) is 0.727. The number of allylic oxidation sites excluding steroid dienone is 6. The molecular weight excluding hydrogens is 701 g/mol. The fourth-order valence-corrected chi connectivity index (χ4v) is 1.67. The maximum atomic E-state index is 11.5. The van der Waals surface area contributed by atoms with Gasteiger partial charge in [0.2, 0.25) is 0 Å². The van der Waals surface area contributed by atoms with Gasteiger partial charge in [0.05, 0.1) is 0 Å². The van der Waals surface area contributed by atoms with Crippen LogP contribution in [0.15, 0.2) is 35.5 Å². The molecule has 0 saturated carbocycles. The van der Waals surface area contributed by atoms with Gasteiger partial charge in [0.1, 0.15) is 17.3 Å². The smallest absolute Gasteiger partial charge is 0.164 e. The monoisotopic (exact) mass is 761 g/mol. The van der Waals surface area contributed by atoms with Gasteiger partial charge < -0.3 is 15.3 Å². The number of carbonyl (C=O) groups excluding carboxylic acids is 3. The van der Waals surface area contributed by atoms with Gasteiger partial charge in [0.25, 0.3) is 0 Å². The Bertz CT molecular complexity index is 801. The van der Waals surface area contributed by atoms with Gasteiger partial charge in [-0.15, -0.1) is 0 Å². The third-order valence-electron chi connectivity index (χ3n) is 5.33. The summed E-state index contributed by atoms with van der Waals surface area (Å²) in [6.07, 6.45) is 4.00. The molecule has 0 spiro atoms. The first-order valence-corrected chi connectivity index (χ1v) is 13.5. The second-order valence-corrected chi connectivity index (χ2v) is 16.2. The van der Waals surface area contributed by atoms with E-state index in [0.717, 1.165) is 0 Å². The molecule has 0 aliphatic carbocycles. The Hall–Kier alpha value is -1.49. The van der Waals surface area contributed by atoms with E-state index < -0.39 is 16.2 Å². The van der Waals surface area contributed by atoms with Crippen molar-refractivity contribution in [3.8, 4) is 0 Å². The van der Waals surface area contributed by atoms with Crippen molar-refractivity contribution >= 4 is 43.6 Å². The molecule has 233 valence electrons. The Morgan fingerprint density at radius 3 is 0.550 bits per heavy atom. The summed E-state index contributed by atoms with van der Waals surface area (Å²) in [6.45, 7) is 33.3. The molecule has 0 unspecified atom stereocenters. The summed E-state index contributed by atoms with van der Waals surface area (Å²) in [5.41, 5.74) is -2.29. The third-order valence-corrected chi connectivity index (χ3v) is 5.33. The second-order valence-electron chi connectivity index (χ2n) is 16.2. The standard InChI is InChI=1S/3C11H20O2.Bi/c3*1-10(2,3)8(12)7-9(13)11(4,5)6;/h3*7,12H,1-6H3;. The molecule has 0 rings (SSSR count). The van der Waals surface area contributed by atoms with Crippen molar-refractivity contribution in [1.29, 1.82) is 0 Å². The molecule has 0 amide bonds. The van der Waals surface area contributed by atoms with Crippen LogP contribution >= 0.6 is 0 Å². The van der Waals surface area contributed by atoms with Gasteiger partial charge in [-0.25, -0.2) is 0 Å². The minimum atomic E-state index is -0.417. The van der Waals surface area contributed by atoms with Crippen LogP contribution in [0, 0.1) is 32.5 Å². The second kappa shape index (κ2) is 16.2. The van der Waals surface area contributed by atoms with Gasteiger partial charge >= 0.3 is 0 Å². The maximum absolute atomic E-state index is 11.5.